The molecule has 4 nitrogen and oxygen atoms in total. The number of nitrogen functional groups attached to an aromatic ring is 1. The number of anilines is 1. The number of rotatable bonds is 3. The first kappa shape index (κ1) is 12.8. The molecule has 0 heterocycles. The van der Waals surface area contributed by atoms with Crippen LogP contribution in [0.25, 0.3) is 0 Å². The molecular weight excluding hydrogens is 240 g/mol. The van der Waals surface area contributed by atoms with Crippen LogP contribution in [0.3, 0.4) is 0 Å². The lowest BCUT2D eigenvalue weighted by Gasteiger charge is -2.12. The van der Waals surface area contributed by atoms with Gasteiger partial charge in [0.25, 0.3) is 0 Å². The van der Waals surface area contributed by atoms with E-state index in [0.717, 1.165) is 5.56 Å². The zero-order valence-corrected chi connectivity index (χ0v) is 10.8. The molecule has 19 heavy (non-hydrogen) atoms. The summed E-state index contributed by atoms with van der Waals surface area (Å²) in [6.45, 7) is 1.92. The molecule has 0 bridgehead atoms. The molecule has 4 heteroatoms. The SMILES string of the molecule is COc1ccc(N)cc1Oc1ccc(C)cc1C#N. The van der Waals surface area contributed by atoms with Crippen LogP contribution < -0.4 is 15.2 Å². The number of nitrogens with two attached hydrogens (primary N) is 1. The predicted octanol–water partition coefficient (Wildman–Crippen LogP) is 3.25. The second-order valence-corrected chi connectivity index (χ2v) is 4.12. The van der Waals surface area contributed by atoms with Gasteiger partial charge in [0, 0.05) is 11.8 Å². The summed E-state index contributed by atoms with van der Waals surface area (Å²) in [7, 11) is 1.55. The standard InChI is InChI=1S/C15H14N2O2/c1-10-3-5-13(11(7-10)9-16)19-15-8-12(17)4-6-14(15)18-2/h3-8H,17H2,1-2H3. The molecule has 0 saturated carbocycles. The summed E-state index contributed by atoms with van der Waals surface area (Å²) in [5.74, 6) is 1.54. The lowest BCUT2D eigenvalue weighted by atomic mass is 10.1. The monoisotopic (exact) mass is 254 g/mol. The highest BCUT2D eigenvalue weighted by Gasteiger charge is 2.09. The van der Waals surface area contributed by atoms with Crippen molar-refractivity contribution in [3.8, 4) is 23.3 Å². The Labute approximate surface area is 112 Å². The molecule has 0 saturated heterocycles. The number of benzene rings is 2. The first-order valence-electron chi connectivity index (χ1n) is 5.76. The number of hydrogen-bond acceptors (Lipinski definition) is 4. The lowest BCUT2D eigenvalue weighted by molar-refractivity contribution is 0.378. The molecule has 0 aliphatic heterocycles. The van der Waals surface area contributed by atoms with Gasteiger partial charge in [-0.05, 0) is 36.8 Å². The van der Waals surface area contributed by atoms with Crippen LogP contribution in [0.4, 0.5) is 5.69 Å². The zero-order chi connectivity index (χ0) is 13.8. The maximum atomic E-state index is 9.12. The highest BCUT2D eigenvalue weighted by Crippen LogP contribution is 2.34. The van der Waals surface area contributed by atoms with E-state index in [1.54, 1.807) is 37.4 Å². The van der Waals surface area contributed by atoms with Gasteiger partial charge in [0.15, 0.2) is 11.5 Å². The van der Waals surface area contributed by atoms with E-state index in [1.807, 2.05) is 13.0 Å². The summed E-state index contributed by atoms with van der Waals surface area (Å²) in [5.41, 5.74) is 7.78. The van der Waals surface area contributed by atoms with Gasteiger partial charge in [-0.25, -0.2) is 0 Å². The van der Waals surface area contributed by atoms with Gasteiger partial charge in [0.2, 0.25) is 0 Å². The molecule has 0 radical (unpaired) electrons. The topological polar surface area (TPSA) is 68.3 Å². The van der Waals surface area contributed by atoms with E-state index in [9.17, 15) is 0 Å². The van der Waals surface area contributed by atoms with Crippen molar-refractivity contribution in [1.82, 2.24) is 0 Å². The van der Waals surface area contributed by atoms with Crippen LogP contribution in [0.5, 0.6) is 17.2 Å². The van der Waals surface area contributed by atoms with E-state index in [4.69, 9.17) is 20.5 Å². The first-order valence-corrected chi connectivity index (χ1v) is 5.76. The Morgan fingerprint density at radius 3 is 2.47 bits per heavy atom. The van der Waals surface area contributed by atoms with Crippen LogP contribution in [-0.4, -0.2) is 7.11 Å². The Balaban J connectivity index is 2.41. The Bertz CT molecular complexity index is 645. The van der Waals surface area contributed by atoms with Crippen molar-refractivity contribution < 1.29 is 9.47 Å². The molecule has 2 rings (SSSR count). The Morgan fingerprint density at radius 2 is 1.79 bits per heavy atom. The molecule has 2 aromatic rings. The maximum absolute atomic E-state index is 9.12. The summed E-state index contributed by atoms with van der Waals surface area (Å²) in [4.78, 5) is 0. The number of nitrogens with zero attached hydrogens (tertiary/aromatic N) is 1. The zero-order valence-electron chi connectivity index (χ0n) is 10.8. The summed E-state index contributed by atoms with van der Waals surface area (Å²) < 4.78 is 10.9. The van der Waals surface area contributed by atoms with Crippen LogP contribution in [-0.2, 0) is 0 Å². The predicted molar refractivity (Wildman–Crippen MR) is 73.4 cm³/mol. The fourth-order valence-corrected chi connectivity index (χ4v) is 1.71. The van der Waals surface area contributed by atoms with Crippen LogP contribution in [0.1, 0.15) is 11.1 Å². The smallest absolute Gasteiger partial charge is 0.171 e. The van der Waals surface area contributed by atoms with Crippen LogP contribution >= 0.6 is 0 Å². The molecule has 0 aromatic heterocycles. The van der Waals surface area contributed by atoms with Crippen molar-refractivity contribution in [3.05, 3.63) is 47.5 Å². The van der Waals surface area contributed by atoms with Crippen molar-refractivity contribution in [1.29, 1.82) is 5.26 Å². The normalized spacial score (nSPS) is 9.74. The molecule has 0 aliphatic rings. The van der Waals surface area contributed by atoms with Crippen molar-refractivity contribution >= 4 is 5.69 Å². The van der Waals surface area contributed by atoms with E-state index in [-0.39, 0.29) is 0 Å². The molecule has 0 atom stereocenters. The van der Waals surface area contributed by atoms with Gasteiger partial charge in [-0.1, -0.05) is 6.07 Å². The molecule has 0 spiro atoms. The fourth-order valence-electron chi connectivity index (χ4n) is 1.71. The number of ether oxygens (including phenoxy) is 2. The van der Waals surface area contributed by atoms with Crippen LogP contribution in [0.15, 0.2) is 36.4 Å². The van der Waals surface area contributed by atoms with Crippen molar-refractivity contribution in [2.45, 2.75) is 6.92 Å². The molecular formula is C15H14N2O2. The Morgan fingerprint density at radius 1 is 1.05 bits per heavy atom. The quantitative estimate of drug-likeness (QED) is 0.854. The summed E-state index contributed by atoms with van der Waals surface area (Å²) >= 11 is 0. The number of aryl methyl sites for hydroxylation is 1. The van der Waals surface area contributed by atoms with Gasteiger partial charge >= 0.3 is 0 Å². The largest absolute Gasteiger partial charge is 0.493 e. The Hall–Kier alpha value is -2.67. The van der Waals surface area contributed by atoms with Gasteiger partial charge in [-0.3, -0.25) is 0 Å². The highest BCUT2D eigenvalue weighted by atomic mass is 16.5. The minimum absolute atomic E-state index is 0.476. The summed E-state index contributed by atoms with van der Waals surface area (Å²) in [6, 6.07) is 12.6. The molecule has 0 fully saturated rings. The Kier molecular flexibility index (Phi) is 3.58. The van der Waals surface area contributed by atoms with Gasteiger partial charge in [0.1, 0.15) is 11.8 Å². The third-order valence-corrected chi connectivity index (χ3v) is 2.66. The van der Waals surface area contributed by atoms with Gasteiger partial charge in [-0.15, -0.1) is 0 Å². The van der Waals surface area contributed by atoms with E-state index in [0.29, 0.717) is 28.5 Å². The first-order chi connectivity index (χ1) is 9.13. The molecule has 2 N–H and O–H groups in total. The van der Waals surface area contributed by atoms with E-state index in [2.05, 4.69) is 6.07 Å². The third kappa shape index (κ3) is 2.78. The van der Waals surface area contributed by atoms with Crippen molar-refractivity contribution in [2.75, 3.05) is 12.8 Å². The van der Waals surface area contributed by atoms with Gasteiger partial charge < -0.3 is 15.2 Å². The lowest BCUT2D eigenvalue weighted by Crippen LogP contribution is -1.94. The van der Waals surface area contributed by atoms with E-state index < -0.39 is 0 Å². The second kappa shape index (κ2) is 5.32. The van der Waals surface area contributed by atoms with Gasteiger partial charge in [-0.2, -0.15) is 5.26 Å². The van der Waals surface area contributed by atoms with Crippen molar-refractivity contribution in [2.24, 2.45) is 0 Å². The van der Waals surface area contributed by atoms with Crippen molar-refractivity contribution in [3.63, 3.8) is 0 Å². The summed E-state index contributed by atoms with van der Waals surface area (Å²) in [6.07, 6.45) is 0. The van der Waals surface area contributed by atoms with E-state index in [1.165, 1.54) is 0 Å². The third-order valence-electron chi connectivity index (χ3n) is 2.66. The fraction of sp³-hybridized carbons (Fsp3) is 0.133. The molecule has 0 aliphatic carbocycles. The maximum Gasteiger partial charge on any atom is 0.171 e. The summed E-state index contributed by atoms with van der Waals surface area (Å²) in [5, 5.41) is 9.12. The number of methoxy groups -OCH3 is 1. The average Bonchev–Trinajstić information content (AvgIpc) is 2.41. The number of nitriles is 1. The average molecular weight is 254 g/mol. The molecule has 0 unspecified atom stereocenters. The number of hydrogen-bond donors (Lipinski definition) is 1. The minimum Gasteiger partial charge on any atom is -0.493 e. The van der Waals surface area contributed by atoms with E-state index >= 15 is 0 Å². The van der Waals surface area contributed by atoms with Crippen LogP contribution in [0, 0.1) is 18.3 Å². The molecule has 96 valence electrons. The second-order valence-electron chi connectivity index (χ2n) is 4.12. The molecule has 0 amide bonds. The highest BCUT2D eigenvalue weighted by molar-refractivity contribution is 5.55. The van der Waals surface area contributed by atoms with Crippen LogP contribution in [0.2, 0.25) is 0 Å². The van der Waals surface area contributed by atoms with Gasteiger partial charge in [0.05, 0.1) is 12.7 Å². The molecule has 2 aromatic carbocycles. The minimum atomic E-state index is 0.476.